The summed E-state index contributed by atoms with van der Waals surface area (Å²) in [5.41, 5.74) is 6.68. The number of nitrogens with one attached hydrogen (secondary N) is 1. The highest BCUT2D eigenvalue weighted by atomic mass is 16.1. The van der Waals surface area contributed by atoms with Crippen molar-refractivity contribution in [3.63, 3.8) is 0 Å². The van der Waals surface area contributed by atoms with Gasteiger partial charge in [-0.1, -0.05) is 30.3 Å². The molecular formula is C21H22N2O. The molecule has 0 fully saturated rings. The predicted octanol–water partition coefficient (Wildman–Crippen LogP) is 5.06. The summed E-state index contributed by atoms with van der Waals surface area (Å²) in [6, 6.07) is 16.9. The molecule has 3 nitrogen and oxygen atoms in total. The predicted molar refractivity (Wildman–Crippen MR) is 101 cm³/mol. The maximum absolute atomic E-state index is 11.2. The van der Waals surface area contributed by atoms with E-state index in [4.69, 9.17) is 0 Å². The van der Waals surface area contributed by atoms with Gasteiger partial charge in [-0.25, -0.2) is 0 Å². The van der Waals surface area contributed by atoms with E-state index in [0.717, 1.165) is 11.4 Å². The van der Waals surface area contributed by atoms with Crippen molar-refractivity contribution in [2.45, 2.75) is 20.8 Å². The normalized spacial score (nSPS) is 11.8. The van der Waals surface area contributed by atoms with Crippen molar-refractivity contribution < 1.29 is 4.79 Å². The van der Waals surface area contributed by atoms with E-state index in [1.165, 1.54) is 27.7 Å². The number of carbonyl (C=O) groups is 1. The average molecular weight is 318 g/mol. The molecule has 3 heteroatoms. The van der Waals surface area contributed by atoms with E-state index >= 15 is 0 Å². The van der Waals surface area contributed by atoms with Crippen LogP contribution in [-0.4, -0.2) is 10.4 Å². The van der Waals surface area contributed by atoms with Crippen LogP contribution in [0.3, 0.4) is 0 Å². The average Bonchev–Trinajstić information content (AvgIpc) is 2.84. The first-order chi connectivity index (χ1) is 11.5. The number of nitrogens with zero attached hydrogens (tertiary/aromatic N) is 1. The van der Waals surface area contributed by atoms with Crippen LogP contribution < -0.4 is 5.32 Å². The summed E-state index contributed by atoms with van der Waals surface area (Å²) in [5, 5.41) is 4.50. The molecule has 0 aliphatic heterocycles. The first kappa shape index (κ1) is 16.1. The number of anilines is 1. The fourth-order valence-corrected chi connectivity index (χ4v) is 3.27. The van der Waals surface area contributed by atoms with Gasteiger partial charge >= 0.3 is 0 Å². The minimum absolute atomic E-state index is 0.0453. The fourth-order valence-electron chi connectivity index (χ4n) is 3.27. The molecule has 0 unspecified atom stereocenters. The number of aromatic nitrogens is 1. The van der Waals surface area contributed by atoms with Gasteiger partial charge in [0.15, 0.2) is 5.78 Å². The summed E-state index contributed by atoms with van der Waals surface area (Å²) in [4.78, 5) is 11.2. The van der Waals surface area contributed by atoms with Gasteiger partial charge < -0.3 is 9.88 Å². The molecule has 0 spiro atoms. The van der Waals surface area contributed by atoms with Gasteiger partial charge in [-0.2, -0.15) is 0 Å². The SMILES string of the molecule is CC(=O)C=C(C)Nc1cc(C)c2c(c1)cc(-c1ccccc1)n2C. The Hall–Kier alpha value is -2.81. The third kappa shape index (κ3) is 3.11. The topological polar surface area (TPSA) is 34.0 Å². The zero-order valence-corrected chi connectivity index (χ0v) is 14.6. The van der Waals surface area contributed by atoms with Crippen molar-refractivity contribution in [1.29, 1.82) is 0 Å². The molecule has 0 amide bonds. The molecule has 0 aliphatic carbocycles. The first-order valence-corrected chi connectivity index (χ1v) is 8.07. The Bertz CT molecular complexity index is 933. The van der Waals surface area contributed by atoms with Crippen LogP contribution in [-0.2, 0) is 11.8 Å². The highest BCUT2D eigenvalue weighted by Crippen LogP contribution is 2.31. The Morgan fingerprint density at radius 1 is 1.08 bits per heavy atom. The molecule has 0 radical (unpaired) electrons. The second kappa shape index (κ2) is 6.36. The summed E-state index contributed by atoms with van der Waals surface area (Å²) in [6.45, 7) is 5.58. The lowest BCUT2D eigenvalue weighted by atomic mass is 10.1. The molecular weight excluding hydrogens is 296 g/mol. The van der Waals surface area contributed by atoms with Crippen LogP contribution in [0.2, 0.25) is 0 Å². The monoisotopic (exact) mass is 318 g/mol. The number of hydrogen-bond acceptors (Lipinski definition) is 2. The number of benzene rings is 2. The molecule has 0 aliphatic rings. The van der Waals surface area contributed by atoms with Crippen LogP contribution in [0.25, 0.3) is 22.2 Å². The largest absolute Gasteiger partial charge is 0.359 e. The fraction of sp³-hybridized carbons (Fsp3) is 0.190. The second-order valence-corrected chi connectivity index (χ2v) is 6.25. The van der Waals surface area contributed by atoms with Gasteiger partial charge in [0.05, 0.1) is 5.52 Å². The molecule has 1 heterocycles. The van der Waals surface area contributed by atoms with Crippen LogP contribution in [0.4, 0.5) is 5.69 Å². The Morgan fingerprint density at radius 3 is 2.46 bits per heavy atom. The molecule has 1 aromatic heterocycles. The molecule has 3 rings (SSSR count). The molecule has 0 saturated carbocycles. The highest BCUT2D eigenvalue weighted by molar-refractivity contribution is 5.92. The Balaban J connectivity index is 2.07. The number of hydrogen-bond donors (Lipinski definition) is 1. The molecule has 1 N–H and O–H groups in total. The van der Waals surface area contributed by atoms with Crippen molar-refractivity contribution in [3.05, 3.63) is 65.9 Å². The van der Waals surface area contributed by atoms with Crippen molar-refractivity contribution in [1.82, 2.24) is 4.57 Å². The summed E-state index contributed by atoms with van der Waals surface area (Å²) < 4.78 is 2.24. The molecule has 122 valence electrons. The zero-order chi connectivity index (χ0) is 17.3. The number of allylic oxidation sites excluding steroid dienone is 2. The lowest BCUT2D eigenvalue weighted by molar-refractivity contribution is -0.112. The maximum Gasteiger partial charge on any atom is 0.154 e. The third-order valence-electron chi connectivity index (χ3n) is 4.15. The number of fused-ring (bicyclic) bond motifs is 1. The van der Waals surface area contributed by atoms with Crippen molar-refractivity contribution in [2.24, 2.45) is 7.05 Å². The van der Waals surface area contributed by atoms with Gasteiger partial charge in [-0.15, -0.1) is 0 Å². The number of rotatable bonds is 4. The minimum atomic E-state index is 0.0453. The van der Waals surface area contributed by atoms with E-state index in [-0.39, 0.29) is 5.78 Å². The van der Waals surface area contributed by atoms with E-state index in [0.29, 0.717) is 0 Å². The smallest absolute Gasteiger partial charge is 0.154 e. The van der Waals surface area contributed by atoms with E-state index in [9.17, 15) is 4.79 Å². The lowest BCUT2D eigenvalue weighted by Gasteiger charge is -2.10. The Labute approximate surface area is 142 Å². The number of aryl methyl sites for hydroxylation is 2. The summed E-state index contributed by atoms with van der Waals surface area (Å²) in [5.74, 6) is 0.0453. The zero-order valence-electron chi connectivity index (χ0n) is 14.6. The van der Waals surface area contributed by atoms with Gasteiger partial charge in [0.25, 0.3) is 0 Å². The summed E-state index contributed by atoms with van der Waals surface area (Å²) >= 11 is 0. The summed E-state index contributed by atoms with van der Waals surface area (Å²) in [6.07, 6.45) is 1.61. The summed E-state index contributed by atoms with van der Waals surface area (Å²) in [7, 11) is 2.10. The van der Waals surface area contributed by atoms with Gasteiger partial charge in [-0.3, -0.25) is 4.79 Å². The second-order valence-electron chi connectivity index (χ2n) is 6.25. The van der Waals surface area contributed by atoms with Crippen molar-refractivity contribution >= 4 is 22.4 Å². The molecule has 2 aromatic carbocycles. The van der Waals surface area contributed by atoms with Gasteiger partial charge in [0, 0.05) is 29.5 Å². The van der Waals surface area contributed by atoms with E-state index in [2.05, 4.69) is 66.3 Å². The van der Waals surface area contributed by atoms with Gasteiger partial charge in [0.1, 0.15) is 0 Å². The first-order valence-electron chi connectivity index (χ1n) is 8.07. The minimum Gasteiger partial charge on any atom is -0.359 e. The molecule has 0 saturated heterocycles. The van der Waals surface area contributed by atoms with Crippen molar-refractivity contribution in [3.8, 4) is 11.3 Å². The van der Waals surface area contributed by atoms with Crippen molar-refractivity contribution in [2.75, 3.05) is 5.32 Å². The van der Waals surface area contributed by atoms with Crippen LogP contribution in [0.5, 0.6) is 0 Å². The lowest BCUT2D eigenvalue weighted by Crippen LogP contribution is -1.99. The Kier molecular flexibility index (Phi) is 4.26. The van der Waals surface area contributed by atoms with Gasteiger partial charge in [-0.05, 0) is 56.2 Å². The quantitative estimate of drug-likeness (QED) is 0.682. The van der Waals surface area contributed by atoms with E-state index in [1.807, 2.05) is 13.0 Å². The van der Waals surface area contributed by atoms with Gasteiger partial charge in [0.2, 0.25) is 0 Å². The van der Waals surface area contributed by atoms with Crippen LogP contribution in [0.15, 0.2) is 60.3 Å². The van der Waals surface area contributed by atoms with E-state index < -0.39 is 0 Å². The van der Waals surface area contributed by atoms with Crippen LogP contribution >= 0.6 is 0 Å². The standard InChI is InChI=1S/C21H22N2O/c1-14-10-19(22-15(2)11-16(3)24)12-18-13-20(23(4)21(14)18)17-8-6-5-7-9-17/h5-13,22H,1-4H3. The van der Waals surface area contributed by atoms with E-state index in [1.54, 1.807) is 13.0 Å². The number of ketones is 1. The number of carbonyl (C=O) groups excluding carboxylic acids is 1. The van der Waals surface area contributed by atoms with Crippen LogP contribution in [0, 0.1) is 6.92 Å². The van der Waals surface area contributed by atoms with Crippen LogP contribution in [0.1, 0.15) is 19.4 Å². The molecule has 24 heavy (non-hydrogen) atoms. The highest BCUT2D eigenvalue weighted by Gasteiger charge is 2.11. The molecule has 0 bridgehead atoms. The molecule has 0 atom stereocenters. The Morgan fingerprint density at radius 2 is 1.79 bits per heavy atom. The third-order valence-corrected chi connectivity index (χ3v) is 4.15. The molecule has 3 aromatic rings. The maximum atomic E-state index is 11.2.